The third kappa shape index (κ3) is 11.4. The average Bonchev–Trinajstić information content (AvgIpc) is 3.90. The average molecular weight is 819 g/mol. The summed E-state index contributed by atoms with van der Waals surface area (Å²) in [5.41, 5.74) is 4.23. The van der Waals surface area contributed by atoms with Crippen LogP contribution < -0.4 is 26.6 Å². The van der Waals surface area contributed by atoms with Crippen molar-refractivity contribution in [1.82, 2.24) is 40.6 Å². The standard InChI is InChI=1S/C41H55FN10O7/c1-51-35(21-26-5-6-26)30(22-47-51)38-32(42)23-46-41(50-38)48-28-9-7-27(8-10-28)45-24-37(54)44-14-16-58-18-20-59-19-17-57-15-13-43-33-4-2-3-29-31(33)25-52(40(29)56)34-11-12-36(53)49-39(34)55/h2-4,22-23,26-28,34,43,45H,5-21,24-25H2,1H3,(H,44,54)(H,46,48,50)(H,49,53,55). The predicted octanol–water partition coefficient (Wildman–Crippen LogP) is 2.32. The van der Waals surface area contributed by atoms with Gasteiger partial charge in [0.2, 0.25) is 23.7 Å². The molecule has 1 unspecified atom stereocenters. The second-order valence-electron chi connectivity index (χ2n) is 15.6. The van der Waals surface area contributed by atoms with Crippen molar-refractivity contribution >= 4 is 35.3 Å². The smallest absolute Gasteiger partial charge is 0.255 e. The molecule has 4 heterocycles. The maximum atomic E-state index is 14.8. The van der Waals surface area contributed by atoms with E-state index in [0.29, 0.717) is 83.1 Å². The molecule has 2 aliphatic carbocycles. The van der Waals surface area contributed by atoms with Gasteiger partial charge in [0.1, 0.15) is 11.7 Å². The molecule has 18 heteroatoms. The lowest BCUT2D eigenvalue weighted by Crippen LogP contribution is -2.52. The number of halogens is 1. The lowest BCUT2D eigenvalue weighted by atomic mass is 9.91. The Morgan fingerprint density at radius 2 is 1.63 bits per heavy atom. The number of anilines is 2. The maximum absolute atomic E-state index is 14.8. The van der Waals surface area contributed by atoms with Crippen LogP contribution in [0.25, 0.3) is 11.3 Å². The van der Waals surface area contributed by atoms with Gasteiger partial charge in [-0.1, -0.05) is 6.07 Å². The van der Waals surface area contributed by atoms with E-state index in [9.17, 15) is 23.6 Å². The van der Waals surface area contributed by atoms with Crippen LogP contribution in [0, 0.1) is 11.7 Å². The topological polar surface area (TPSA) is 203 Å². The fourth-order valence-electron chi connectivity index (χ4n) is 7.86. The number of nitrogens with zero attached hydrogens (tertiary/aromatic N) is 5. The van der Waals surface area contributed by atoms with Crippen molar-refractivity contribution in [2.45, 2.75) is 82.5 Å². The molecular formula is C41H55FN10O7. The van der Waals surface area contributed by atoms with Gasteiger partial charge in [-0.05, 0) is 69.4 Å². The van der Waals surface area contributed by atoms with Crippen LogP contribution >= 0.6 is 0 Å². The summed E-state index contributed by atoms with van der Waals surface area (Å²) in [7, 11) is 1.89. The molecule has 1 aromatic carbocycles. The Labute approximate surface area is 342 Å². The molecule has 1 saturated heterocycles. The van der Waals surface area contributed by atoms with E-state index >= 15 is 0 Å². The largest absolute Gasteiger partial charge is 0.382 e. The van der Waals surface area contributed by atoms with E-state index in [1.54, 1.807) is 18.3 Å². The van der Waals surface area contributed by atoms with Crippen LogP contribution in [0.2, 0.25) is 0 Å². The molecule has 5 N–H and O–H groups in total. The van der Waals surface area contributed by atoms with E-state index < -0.39 is 17.8 Å². The Bertz CT molecular complexity index is 1950. The van der Waals surface area contributed by atoms with Gasteiger partial charge in [-0.15, -0.1) is 0 Å². The normalized spacial score (nSPS) is 20.4. The third-order valence-electron chi connectivity index (χ3n) is 11.3. The van der Waals surface area contributed by atoms with Crippen molar-refractivity contribution in [2.24, 2.45) is 13.0 Å². The molecule has 4 amide bonds. The number of fused-ring (bicyclic) bond motifs is 1. The van der Waals surface area contributed by atoms with Gasteiger partial charge < -0.3 is 40.4 Å². The minimum Gasteiger partial charge on any atom is -0.382 e. The van der Waals surface area contributed by atoms with Gasteiger partial charge in [0.05, 0.1) is 58.6 Å². The summed E-state index contributed by atoms with van der Waals surface area (Å²) < 4.78 is 33.5. The number of ether oxygens (including phenoxy) is 3. The summed E-state index contributed by atoms with van der Waals surface area (Å²) in [4.78, 5) is 59.6. The number of nitrogens with one attached hydrogen (secondary N) is 5. The number of aromatic nitrogens is 4. The Hall–Kier alpha value is -5.04. The molecule has 0 bridgehead atoms. The van der Waals surface area contributed by atoms with Crippen LogP contribution in [0.5, 0.6) is 0 Å². The van der Waals surface area contributed by atoms with Crippen LogP contribution in [0.3, 0.4) is 0 Å². The highest BCUT2D eigenvalue weighted by Crippen LogP contribution is 2.36. The van der Waals surface area contributed by atoms with E-state index in [1.165, 1.54) is 23.9 Å². The fraction of sp³-hybridized carbons (Fsp3) is 0.585. The van der Waals surface area contributed by atoms with Crippen LogP contribution in [0.4, 0.5) is 16.0 Å². The van der Waals surface area contributed by atoms with Crippen LogP contribution in [-0.4, -0.2) is 126 Å². The molecule has 0 spiro atoms. The third-order valence-corrected chi connectivity index (χ3v) is 11.3. The first kappa shape index (κ1) is 42.1. The highest BCUT2D eigenvalue weighted by atomic mass is 19.1. The van der Waals surface area contributed by atoms with Gasteiger partial charge in [-0.3, -0.25) is 29.2 Å². The maximum Gasteiger partial charge on any atom is 0.255 e. The van der Waals surface area contributed by atoms with Crippen molar-refractivity contribution in [1.29, 1.82) is 0 Å². The zero-order valence-corrected chi connectivity index (χ0v) is 33.6. The summed E-state index contributed by atoms with van der Waals surface area (Å²) >= 11 is 0. The zero-order valence-electron chi connectivity index (χ0n) is 33.6. The summed E-state index contributed by atoms with van der Waals surface area (Å²) in [6, 6.07) is 5.20. The number of amides is 4. The molecule has 59 heavy (non-hydrogen) atoms. The molecule has 2 aliphatic heterocycles. The first-order chi connectivity index (χ1) is 28.7. The molecule has 2 aromatic heterocycles. The van der Waals surface area contributed by atoms with Crippen molar-refractivity contribution < 1.29 is 37.8 Å². The number of benzene rings is 1. The molecule has 3 aromatic rings. The molecule has 0 radical (unpaired) electrons. The van der Waals surface area contributed by atoms with Gasteiger partial charge in [0, 0.05) is 73.3 Å². The first-order valence-electron chi connectivity index (χ1n) is 20.8. The predicted molar refractivity (Wildman–Crippen MR) is 215 cm³/mol. The molecule has 7 rings (SSSR count). The number of carbonyl (C=O) groups is 4. The fourth-order valence-corrected chi connectivity index (χ4v) is 7.86. The number of piperidine rings is 1. The number of rotatable bonds is 22. The van der Waals surface area contributed by atoms with Crippen molar-refractivity contribution in [3.8, 4) is 11.3 Å². The van der Waals surface area contributed by atoms with Gasteiger partial charge in [0.25, 0.3) is 5.91 Å². The Balaban J connectivity index is 0.681. The van der Waals surface area contributed by atoms with E-state index in [4.69, 9.17) is 14.2 Å². The highest BCUT2D eigenvalue weighted by molar-refractivity contribution is 6.06. The van der Waals surface area contributed by atoms with Crippen LogP contribution in [0.1, 0.15) is 73.0 Å². The summed E-state index contributed by atoms with van der Waals surface area (Å²) in [6.45, 7) is 3.91. The van der Waals surface area contributed by atoms with E-state index in [1.807, 2.05) is 17.8 Å². The Morgan fingerprint density at radius 1 is 0.898 bits per heavy atom. The molecule has 1 atom stereocenters. The number of hydrogen-bond donors (Lipinski definition) is 5. The van der Waals surface area contributed by atoms with Gasteiger partial charge in [-0.25, -0.2) is 14.4 Å². The quantitative estimate of drug-likeness (QED) is 0.0731. The second kappa shape index (κ2) is 20.3. The summed E-state index contributed by atoms with van der Waals surface area (Å²) in [5.74, 6) is -0.426. The van der Waals surface area contributed by atoms with Gasteiger partial charge in [0.15, 0.2) is 5.82 Å². The van der Waals surface area contributed by atoms with E-state index in [-0.39, 0.29) is 48.5 Å². The first-order valence-corrected chi connectivity index (χ1v) is 20.8. The molecule has 17 nitrogen and oxygen atoms in total. The van der Waals surface area contributed by atoms with E-state index in [2.05, 4.69) is 41.7 Å². The SMILES string of the molecule is Cn1ncc(-c2nc(NC3CCC(NCC(=O)NCCOCCOCCOCCNc4cccc5c4CN(C4CCC(=O)NC4=O)C5=O)CC3)ncc2F)c1CC1CC1. The lowest BCUT2D eigenvalue weighted by molar-refractivity contribution is -0.137. The Kier molecular flexibility index (Phi) is 14.5. The molecule has 318 valence electrons. The Morgan fingerprint density at radius 3 is 2.37 bits per heavy atom. The van der Waals surface area contributed by atoms with Crippen molar-refractivity contribution in [2.75, 3.05) is 69.9 Å². The summed E-state index contributed by atoms with van der Waals surface area (Å²) in [6.07, 6.45) is 10.3. The number of imide groups is 1. The number of hydrogen-bond acceptors (Lipinski definition) is 13. The van der Waals surface area contributed by atoms with Gasteiger partial charge >= 0.3 is 0 Å². The highest BCUT2D eigenvalue weighted by Gasteiger charge is 2.40. The molecule has 3 fully saturated rings. The zero-order chi connectivity index (χ0) is 41.1. The van der Waals surface area contributed by atoms with Crippen molar-refractivity contribution in [3.05, 3.63) is 53.2 Å². The minimum absolute atomic E-state index is 0.0835. The molecule has 2 saturated carbocycles. The van der Waals surface area contributed by atoms with Crippen molar-refractivity contribution in [3.63, 3.8) is 0 Å². The monoisotopic (exact) mass is 818 g/mol. The van der Waals surface area contributed by atoms with Crippen LogP contribution in [-0.2, 0) is 48.6 Å². The lowest BCUT2D eigenvalue weighted by Gasteiger charge is -2.29. The molecular weight excluding hydrogens is 764 g/mol. The molecule has 4 aliphatic rings. The number of aryl methyl sites for hydroxylation is 1. The minimum atomic E-state index is -0.651. The summed E-state index contributed by atoms with van der Waals surface area (Å²) in [5, 5.41) is 19.7. The second-order valence-corrected chi connectivity index (χ2v) is 15.6. The van der Waals surface area contributed by atoms with Gasteiger partial charge in [-0.2, -0.15) is 5.10 Å². The number of carbonyl (C=O) groups excluding carboxylic acids is 4. The van der Waals surface area contributed by atoms with Crippen LogP contribution in [0.15, 0.2) is 30.6 Å². The van der Waals surface area contributed by atoms with E-state index in [0.717, 1.165) is 54.6 Å².